The highest BCUT2D eigenvalue weighted by molar-refractivity contribution is 9.11. The van der Waals surface area contributed by atoms with Gasteiger partial charge in [0.1, 0.15) is 11.5 Å². The van der Waals surface area contributed by atoms with E-state index in [1.807, 2.05) is 24.3 Å². The van der Waals surface area contributed by atoms with E-state index >= 15 is 0 Å². The number of ether oxygens (including phenoxy) is 1. The zero-order valence-corrected chi connectivity index (χ0v) is 15.6. The average molecular weight is 413 g/mol. The van der Waals surface area contributed by atoms with E-state index in [0.717, 1.165) is 27.0 Å². The monoisotopic (exact) mass is 411 g/mol. The SMILES string of the molecule is Cc1cc(Oc2ccc(Br)cc2Br)ccc1CNC(C)C. The van der Waals surface area contributed by atoms with Crippen molar-refractivity contribution in [3.63, 3.8) is 0 Å². The summed E-state index contributed by atoms with van der Waals surface area (Å²) in [4.78, 5) is 0. The van der Waals surface area contributed by atoms with Crippen molar-refractivity contribution in [2.75, 3.05) is 0 Å². The summed E-state index contributed by atoms with van der Waals surface area (Å²) in [6.07, 6.45) is 0. The second-order valence-corrected chi connectivity index (χ2v) is 7.07. The fraction of sp³-hybridized carbons (Fsp3) is 0.294. The lowest BCUT2D eigenvalue weighted by Crippen LogP contribution is -2.22. The Morgan fingerprint density at radius 2 is 1.86 bits per heavy atom. The number of hydrogen-bond donors (Lipinski definition) is 1. The molecule has 0 heterocycles. The van der Waals surface area contributed by atoms with Gasteiger partial charge in [0, 0.05) is 17.1 Å². The van der Waals surface area contributed by atoms with Gasteiger partial charge < -0.3 is 10.1 Å². The van der Waals surface area contributed by atoms with Crippen LogP contribution in [0.1, 0.15) is 25.0 Å². The minimum absolute atomic E-state index is 0.485. The Bertz CT molecular complexity index is 626. The molecule has 0 aromatic heterocycles. The van der Waals surface area contributed by atoms with Crippen LogP contribution >= 0.6 is 31.9 Å². The Kier molecular flexibility index (Phi) is 5.85. The van der Waals surface area contributed by atoms with Crippen LogP contribution in [0.25, 0.3) is 0 Å². The molecular weight excluding hydrogens is 394 g/mol. The number of halogens is 2. The summed E-state index contributed by atoms with van der Waals surface area (Å²) < 4.78 is 7.89. The lowest BCUT2D eigenvalue weighted by atomic mass is 10.1. The molecule has 0 radical (unpaired) electrons. The van der Waals surface area contributed by atoms with Crippen LogP contribution in [-0.4, -0.2) is 6.04 Å². The van der Waals surface area contributed by atoms with Crippen LogP contribution < -0.4 is 10.1 Å². The van der Waals surface area contributed by atoms with Crippen LogP contribution in [0.3, 0.4) is 0 Å². The van der Waals surface area contributed by atoms with Gasteiger partial charge in [-0.2, -0.15) is 0 Å². The number of benzene rings is 2. The van der Waals surface area contributed by atoms with E-state index in [1.54, 1.807) is 0 Å². The van der Waals surface area contributed by atoms with Crippen LogP contribution in [0, 0.1) is 6.92 Å². The number of nitrogens with one attached hydrogen (secondary N) is 1. The smallest absolute Gasteiger partial charge is 0.141 e. The first-order chi connectivity index (χ1) is 9.95. The van der Waals surface area contributed by atoms with Crippen LogP contribution in [-0.2, 0) is 6.54 Å². The molecular formula is C17H19Br2NO. The summed E-state index contributed by atoms with van der Waals surface area (Å²) in [5, 5.41) is 3.43. The summed E-state index contributed by atoms with van der Waals surface area (Å²) >= 11 is 6.95. The Labute approximate surface area is 143 Å². The second kappa shape index (κ2) is 7.43. The first-order valence-electron chi connectivity index (χ1n) is 6.91. The number of aryl methyl sites for hydroxylation is 1. The summed E-state index contributed by atoms with van der Waals surface area (Å²) in [5.41, 5.74) is 2.53. The fourth-order valence-electron chi connectivity index (χ4n) is 1.93. The van der Waals surface area contributed by atoms with Crippen molar-refractivity contribution in [1.29, 1.82) is 0 Å². The molecule has 0 aliphatic rings. The molecule has 2 aromatic rings. The third-order valence-electron chi connectivity index (χ3n) is 3.14. The third-order valence-corrected chi connectivity index (χ3v) is 4.25. The highest BCUT2D eigenvalue weighted by Gasteiger charge is 2.06. The van der Waals surface area contributed by atoms with E-state index in [1.165, 1.54) is 11.1 Å². The van der Waals surface area contributed by atoms with Gasteiger partial charge in [-0.25, -0.2) is 0 Å². The number of rotatable bonds is 5. The predicted molar refractivity (Wildman–Crippen MR) is 95.1 cm³/mol. The van der Waals surface area contributed by atoms with Gasteiger partial charge in [0.15, 0.2) is 0 Å². The zero-order valence-electron chi connectivity index (χ0n) is 12.4. The molecule has 112 valence electrons. The molecule has 0 atom stereocenters. The normalized spacial score (nSPS) is 11.0. The van der Waals surface area contributed by atoms with Crippen LogP contribution in [0.2, 0.25) is 0 Å². The van der Waals surface area contributed by atoms with Crippen molar-refractivity contribution in [1.82, 2.24) is 5.32 Å². The lowest BCUT2D eigenvalue weighted by molar-refractivity contribution is 0.478. The van der Waals surface area contributed by atoms with Crippen molar-refractivity contribution < 1.29 is 4.74 Å². The molecule has 0 bridgehead atoms. The fourth-order valence-corrected chi connectivity index (χ4v) is 3.06. The molecule has 0 fully saturated rings. The van der Waals surface area contributed by atoms with Gasteiger partial charge >= 0.3 is 0 Å². The molecule has 1 N–H and O–H groups in total. The summed E-state index contributed by atoms with van der Waals surface area (Å²) in [7, 11) is 0. The van der Waals surface area contributed by atoms with Gasteiger partial charge in [0.05, 0.1) is 4.47 Å². The molecule has 0 saturated carbocycles. The van der Waals surface area contributed by atoms with Gasteiger partial charge in [-0.15, -0.1) is 0 Å². The molecule has 0 spiro atoms. The topological polar surface area (TPSA) is 21.3 Å². The van der Waals surface area contributed by atoms with E-state index in [4.69, 9.17) is 4.74 Å². The van der Waals surface area contributed by atoms with E-state index in [2.05, 4.69) is 70.1 Å². The highest BCUT2D eigenvalue weighted by Crippen LogP contribution is 2.32. The van der Waals surface area contributed by atoms with Gasteiger partial charge in [0.2, 0.25) is 0 Å². The maximum Gasteiger partial charge on any atom is 0.141 e. The molecule has 0 unspecified atom stereocenters. The molecule has 0 aliphatic carbocycles. The predicted octanol–water partition coefficient (Wildman–Crippen LogP) is 5.81. The highest BCUT2D eigenvalue weighted by atomic mass is 79.9. The van der Waals surface area contributed by atoms with Gasteiger partial charge in [-0.3, -0.25) is 0 Å². The van der Waals surface area contributed by atoms with Crippen molar-refractivity contribution in [2.24, 2.45) is 0 Å². The Hall–Kier alpha value is -0.840. The van der Waals surface area contributed by atoms with Crippen LogP contribution in [0.4, 0.5) is 0 Å². The van der Waals surface area contributed by atoms with Crippen molar-refractivity contribution in [3.05, 3.63) is 56.5 Å². The first-order valence-corrected chi connectivity index (χ1v) is 8.50. The largest absolute Gasteiger partial charge is 0.456 e. The molecule has 2 rings (SSSR count). The quantitative estimate of drug-likeness (QED) is 0.668. The molecule has 0 saturated heterocycles. The van der Waals surface area contributed by atoms with E-state index in [-0.39, 0.29) is 0 Å². The molecule has 2 nitrogen and oxygen atoms in total. The Morgan fingerprint density at radius 3 is 2.48 bits per heavy atom. The average Bonchev–Trinajstić information content (AvgIpc) is 2.41. The van der Waals surface area contributed by atoms with E-state index in [0.29, 0.717) is 6.04 Å². The van der Waals surface area contributed by atoms with Crippen molar-refractivity contribution in [2.45, 2.75) is 33.4 Å². The van der Waals surface area contributed by atoms with E-state index in [9.17, 15) is 0 Å². The summed E-state index contributed by atoms with van der Waals surface area (Å²) in [6.45, 7) is 7.29. The molecule has 0 aliphatic heterocycles. The van der Waals surface area contributed by atoms with Gasteiger partial charge in [0.25, 0.3) is 0 Å². The van der Waals surface area contributed by atoms with Crippen LogP contribution in [0.15, 0.2) is 45.3 Å². The van der Waals surface area contributed by atoms with Crippen LogP contribution in [0.5, 0.6) is 11.5 Å². The van der Waals surface area contributed by atoms with Gasteiger partial charge in [-0.1, -0.05) is 35.8 Å². The summed E-state index contributed by atoms with van der Waals surface area (Å²) in [6, 6.07) is 12.6. The minimum Gasteiger partial charge on any atom is -0.456 e. The number of hydrogen-bond acceptors (Lipinski definition) is 2. The Morgan fingerprint density at radius 1 is 1.10 bits per heavy atom. The molecule has 4 heteroatoms. The Balaban J connectivity index is 2.12. The van der Waals surface area contributed by atoms with Crippen molar-refractivity contribution >= 4 is 31.9 Å². The standard InChI is InChI=1S/C17H19Br2NO/c1-11(2)20-10-13-4-6-15(8-12(13)3)21-17-7-5-14(18)9-16(17)19/h4-9,11,20H,10H2,1-3H3. The molecule has 0 amide bonds. The third kappa shape index (κ3) is 4.83. The lowest BCUT2D eigenvalue weighted by Gasteiger charge is -2.13. The second-order valence-electron chi connectivity index (χ2n) is 5.30. The molecule has 21 heavy (non-hydrogen) atoms. The van der Waals surface area contributed by atoms with Gasteiger partial charge in [-0.05, 0) is 64.3 Å². The summed E-state index contributed by atoms with van der Waals surface area (Å²) in [5.74, 6) is 1.66. The maximum absolute atomic E-state index is 5.94. The maximum atomic E-state index is 5.94. The van der Waals surface area contributed by atoms with Crippen molar-refractivity contribution in [3.8, 4) is 11.5 Å². The zero-order chi connectivity index (χ0) is 15.4. The first kappa shape index (κ1) is 16.5. The minimum atomic E-state index is 0.485. The molecule has 2 aromatic carbocycles. The van der Waals surface area contributed by atoms with E-state index < -0.39 is 0 Å².